The van der Waals surface area contributed by atoms with E-state index in [1.54, 1.807) is 19.5 Å². The van der Waals surface area contributed by atoms with Crippen molar-refractivity contribution in [2.24, 2.45) is 0 Å². The van der Waals surface area contributed by atoms with Crippen LogP contribution in [0.4, 0.5) is 5.69 Å². The van der Waals surface area contributed by atoms with Crippen molar-refractivity contribution in [1.82, 2.24) is 9.88 Å². The Kier molecular flexibility index (Phi) is 5.81. The lowest BCUT2D eigenvalue weighted by Gasteiger charge is -2.39. The molecule has 0 amide bonds. The number of carboxylic acid groups (broad SMARTS) is 1. The number of hydrogen-bond donors (Lipinski definition) is 1. The molecule has 0 bridgehead atoms. The molecule has 1 aromatic carbocycles. The predicted octanol–water partition coefficient (Wildman–Crippen LogP) is 2.36. The molecule has 1 atom stereocenters. The van der Waals surface area contributed by atoms with Crippen molar-refractivity contribution in [3.05, 3.63) is 47.8 Å². The topological polar surface area (TPSA) is 75.1 Å². The number of piperazine rings is 1. The number of aromatic nitrogens is 1. The van der Waals surface area contributed by atoms with Gasteiger partial charge in [0.05, 0.1) is 14.2 Å². The van der Waals surface area contributed by atoms with Gasteiger partial charge in [-0.25, -0.2) is 0 Å². The second-order valence-electron chi connectivity index (χ2n) is 6.56. The highest BCUT2D eigenvalue weighted by molar-refractivity contribution is 5.77. The molecule has 7 heteroatoms. The zero-order valence-corrected chi connectivity index (χ0v) is 15.9. The molecule has 0 unspecified atom stereocenters. The van der Waals surface area contributed by atoms with Crippen LogP contribution in [-0.4, -0.2) is 61.4 Å². The summed E-state index contributed by atoms with van der Waals surface area (Å²) in [4.78, 5) is 20.4. The van der Waals surface area contributed by atoms with Crippen LogP contribution in [0.3, 0.4) is 0 Å². The van der Waals surface area contributed by atoms with Crippen molar-refractivity contribution in [3.63, 3.8) is 0 Å². The molecule has 1 aromatic heterocycles. The van der Waals surface area contributed by atoms with Gasteiger partial charge < -0.3 is 19.5 Å². The summed E-state index contributed by atoms with van der Waals surface area (Å²) in [6.07, 6.45) is 3.54. The number of benzene rings is 1. The van der Waals surface area contributed by atoms with Crippen molar-refractivity contribution < 1.29 is 19.4 Å². The molecular weight excluding hydrogens is 346 g/mol. The third-order valence-corrected chi connectivity index (χ3v) is 4.89. The van der Waals surface area contributed by atoms with Gasteiger partial charge in [0.15, 0.2) is 11.5 Å². The van der Waals surface area contributed by atoms with Crippen LogP contribution >= 0.6 is 0 Å². The molecule has 1 saturated heterocycles. The third kappa shape index (κ3) is 3.98. The molecule has 7 nitrogen and oxygen atoms in total. The Bertz CT molecular complexity index is 789. The van der Waals surface area contributed by atoms with Crippen molar-refractivity contribution >= 4 is 11.7 Å². The molecular formula is C20H25N3O4. The predicted molar refractivity (Wildman–Crippen MR) is 103 cm³/mol. The first kappa shape index (κ1) is 19.0. The van der Waals surface area contributed by atoms with Crippen LogP contribution in [0.15, 0.2) is 36.7 Å². The molecule has 1 fully saturated rings. The normalized spacial score (nSPS) is 16.0. The lowest BCUT2D eigenvalue weighted by atomic mass is 10.00. The molecule has 144 valence electrons. The van der Waals surface area contributed by atoms with Crippen molar-refractivity contribution in [3.8, 4) is 11.5 Å². The fourth-order valence-electron chi connectivity index (χ4n) is 3.62. The van der Waals surface area contributed by atoms with E-state index in [-0.39, 0.29) is 0 Å². The maximum Gasteiger partial charge on any atom is 0.325 e. The van der Waals surface area contributed by atoms with Gasteiger partial charge in [-0.3, -0.25) is 14.7 Å². The summed E-state index contributed by atoms with van der Waals surface area (Å²) in [5, 5.41) is 9.98. The van der Waals surface area contributed by atoms with Gasteiger partial charge in [-0.2, -0.15) is 0 Å². The molecule has 3 rings (SSSR count). The summed E-state index contributed by atoms with van der Waals surface area (Å²) in [6, 6.07) is 6.88. The highest BCUT2D eigenvalue weighted by Crippen LogP contribution is 2.38. The van der Waals surface area contributed by atoms with Crippen LogP contribution < -0.4 is 14.4 Å². The Hall–Kier alpha value is -2.80. The van der Waals surface area contributed by atoms with Crippen molar-refractivity contribution in [1.29, 1.82) is 0 Å². The lowest BCUT2D eigenvalue weighted by molar-refractivity contribution is -0.143. The Morgan fingerprint density at radius 3 is 2.33 bits per heavy atom. The summed E-state index contributed by atoms with van der Waals surface area (Å²) in [5.74, 6) is 0.138. The number of aliphatic carboxylic acids is 1. The number of aryl methyl sites for hydroxylation is 1. The maximum atomic E-state index is 12.2. The van der Waals surface area contributed by atoms with Gasteiger partial charge in [-0.15, -0.1) is 0 Å². The number of methoxy groups -OCH3 is 2. The lowest BCUT2D eigenvalue weighted by Crippen LogP contribution is -2.49. The first-order valence-electron chi connectivity index (χ1n) is 8.89. The first-order valence-corrected chi connectivity index (χ1v) is 8.89. The van der Waals surface area contributed by atoms with Crippen LogP contribution in [0.1, 0.15) is 17.2 Å². The van der Waals surface area contributed by atoms with Crippen LogP contribution in [0, 0.1) is 6.92 Å². The van der Waals surface area contributed by atoms with E-state index in [1.807, 2.05) is 36.1 Å². The summed E-state index contributed by atoms with van der Waals surface area (Å²) in [5.41, 5.74) is 2.66. The number of pyridine rings is 1. The second kappa shape index (κ2) is 8.26. The van der Waals surface area contributed by atoms with E-state index in [1.165, 1.54) is 7.11 Å². The van der Waals surface area contributed by atoms with E-state index >= 15 is 0 Å². The summed E-state index contributed by atoms with van der Waals surface area (Å²) in [6.45, 7) is 4.70. The number of rotatable bonds is 6. The zero-order valence-electron chi connectivity index (χ0n) is 15.9. The van der Waals surface area contributed by atoms with Gasteiger partial charge in [-0.1, -0.05) is 0 Å². The minimum atomic E-state index is -0.890. The third-order valence-electron chi connectivity index (χ3n) is 4.89. The summed E-state index contributed by atoms with van der Waals surface area (Å²) < 4.78 is 10.9. The van der Waals surface area contributed by atoms with Gasteiger partial charge in [0, 0.05) is 49.8 Å². The van der Waals surface area contributed by atoms with Crippen LogP contribution in [0.25, 0.3) is 0 Å². The average molecular weight is 371 g/mol. The molecule has 2 heterocycles. The quantitative estimate of drug-likeness (QED) is 0.835. The molecule has 27 heavy (non-hydrogen) atoms. The number of anilines is 1. The fraction of sp³-hybridized carbons (Fsp3) is 0.400. The van der Waals surface area contributed by atoms with Crippen molar-refractivity contribution in [2.45, 2.75) is 13.0 Å². The maximum absolute atomic E-state index is 12.2. The zero-order chi connectivity index (χ0) is 19.4. The number of carbonyl (C=O) groups is 1. The van der Waals surface area contributed by atoms with Crippen molar-refractivity contribution in [2.75, 3.05) is 45.3 Å². The van der Waals surface area contributed by atoms with Gasteiger partial charge in [0.1, 0.15) is 6.04 Å². The number of carboxylic acids is 1. The van der Waals surface area contributed by atoms with Gasteiger partial charge in [-0.05, 0) is 36.8 Å². The minimum absolute atomic E-state index is 0.479. The summed E-state index contributed by atoms with van der Waals surface area (Å²) >= 11 is 0. The van der Waals surface area contributed by atoms with E-state index in [4.69, 9.17) is 9.47 Å². The SMILES string of the molecule is COc1cc(C)cc([C@@H](C(=O)O)N2CCN(c3ccncc3)CC2)c1OC. The number of ether oxygens (including phenoxy) is 2. The molecule has 0 saturated carbocycles. The second-order valence-corrected chi connectivity index (χ2v) is 6.56. The van der Waals surface area contributed by atoms with Gasteiger partial charge in [0.2, 0.25) is 0 Å². The Labute approximate surface area is 159 Å². The molecule has 0 spiro atoms. The van der Waals surface area contributed by atoms with E-state index in [9.17, 15) is 9.90 Å². The Balaban J connectivity index is 1.86. The molecule has 1 aliphatic heterocycles. The standard InChI is InChI=1S/C20H25N3O4/c1-14-12-16(19(27-3)17(13-14)26-2)18(20(24)25)23-10-8-22(9-11-23)15-4-6-21-7-5-15/h4-7,12-13,18H,8-11H2,1-3H3,(H,24,25)/t18-/m0/s1. The monoisotopic (exact) mass is 371 g/mol. The van der Waals surface area contributed by atoms with Gasteiger partial charge >= 0.3 is 5.97 Å². The average Bonchev–Trinajstić information content (AvgIpc) is 2.68. The van der Waals surface area contributed by atoms with Crippen LogP contribution in [0.2, 0.25) is 0 Å². The van der Waals surface area contributed by atoms with E-state index < -0.39 is 12.0 Å². The van der Waals surface area contributed by atoms with E-state index in [0.717, 1.165) is 24.3 Å². The Morgan fingerprint density at radius 1 is 1.11 bits per heavy atom. The number of nitrogens with zero attached hydrogens (tertiary/aromatic N) is 3. The minimum Gasteiger partial charge on any atom is -0.493 e. The van der Waals surface area contributed by atoms with Gasteiger partial charge in [0.25, 0.3) is 0 Å². The highest BCUT2D eigenvalue weighted by Gasteiger charge is 2.33. The highest BCUT2D eigenvalue weighted by atomic mass is 16.5. The Morgan fingerprint density at radius 2 is 1.78 bits per heavy atom. The van der Waals surface area contributed by atoms with E-state index in [2.05, 4.69) is 9.88 Å². The molecule has 1 aliphatic rings. The molecule has 0 aliphatic carbocycles. The largest absolute Gasteiger partial charge is 0.493 e. The smallest absolute Gasteiger partial charge is 0.325 e. The van der Waals surface area contributed by atoms with Crippen LogP contribution in [-0.2, 0) is 4.79 Å². The fourth-order valence-corrected chi connectivity index (χ4v) is 3.62. The molecule has 2 aromatic rings. The first-order chi connectivity index (χ1) is 13.0. The molecule has 0 radical (unpaired) electrons. The summed E-state index contributed by atoms with van der Waals surface area (Å²) in [7, 11) is 3.10. The number of hydrogen-bond acceptors (Lipinski definition) is 6. The van der Waals surface area contributed by atoms with Crippen LogP contribution in [0.5, 0.6) is 11.5 Å². The molecule has 1 N–H and O–H groups in total. The van der Waals surface area contributed by atoms with E-state index in [0.29, 0.717) is 30.2 Å².